The average molecular weight is 251 g/mol. The molecule has 2 N–H and O–H groups in total. The van der Waals surface area contributed by atoms with Crippen LogP contribution < -0.4 is 10.6 Å². The van der Waals surface area contributed by atoms with Gasteiger partial charge in [-0.1, -0.05) is 19.9 Å². The third kappa shape index (κ3) is 3.43. The van der Waals surface area contributed by atoms with Crippen LogP contribution >= 0.6 is 0 Å². The zero-order valence-electron chi connectivity index (χ0n) is 11.4. The molecule has 0 aliphatic heterocycles. The standard InChI is InChI=1S/C13H21N3O2/c1-10-5-6-11(16(17)18)7-12(10)15(4)9-13(2,3)8-14/h5-7H,8-9,14H2,1-4H3. The van der Waals surface area contributed by atoms with Crippen molar-refractivity contribution in [2.24, 2.45) is 11.1 Å². The van der Waals surface area contributed by atoms with Crippen molar-refractivity contribution >= 4 is 11.4 Å². The molecule has 0 aliphatic rings. The van der Waals surface area contributed by atoms with Crippen LogP contribution in [-0.4, -0.2) is 25.1 Å². The van der Waals surface area contributed by atoms with Crippen LogP contribution in [0.3, 0.4) is 0 Å². The monoisotopic (exact) mass is 251 g/mol. The second kappa shape index (κ2) is 5.35. The van der Waals surface area contributed by atoms with E-state index >= 15 is 0 Å². The highest BCUT2D eigenvalue weighted by molar-refractivity contribution is 5.58. The number of rotatable bonds is 5. The molecule has 0 unspecified atom stereocenters. The summed E-state index contributed by atoms with van der Waals surface area (Å²) in [6.07, 6.45) is 0. The van der Waals surface area contributed by atoms with E-state index in [0.29, 0.717) is 6.54 Å². The first-order chi connectivity index (χ1) is 8.26. The molecule has 0 aliphatic carbocycles. The number of benzene rings is 1. The molecule has 0 bridgehead atoms. The van der Waals surface area contributed by atoms with E-state index < -0.39 is 0 Å². The van der Waals surface area contributed by atoms with Gasteiger partial charge in [0, 0.05) is 31.4 Å². The summed E-state index contributed by atoms with van der Waals surface area (Å²) in [5.41, 5.74) is 7.71. The summed E-state index contributed by atoms with van der Waals surface area (Å²) >= 11 is 0. The minimum absolute atomic E-state index is 0.0220. The minimum atomic E-state index is -0.370. The Bertz CT molecular complexity index is 444. The molecular formula is C13H21N3O2. The quantitative estimate of drug-likeness (QED) is 0.644. The number of nitrogens with two attached hydrogens (primary N) is 1. The van der Waals surface area contributed by atoms with Crippen LogP contribution in [0.4, 0.5) is 11.4 Å². The summed E-state index contributed by atoms with van der Waals surface area (Å²) in [7, 11) is 1.93. The van der Waals surface area contributed by atoms with E-state index in [4.69, 9.17) is 5.73 Å². The molecule has 5 nitrogen and oxygen atoms in total. The zero-order valence-corrected chi connectivity index (χ0v) is 11.4. The van der Waals surface area contributed by atoms with Crippen molar-refractivity contribution in [1.82, 2.24) is 0 Å². The van der Waals surface area contributed by atoms with Crippen LogP contribution in [0.2, 0.25) is 0 Å². The molecule has 18 heavy (non-hydrogen) atoms. The number of nitrogens with zero attached hydrogens (tertiary/aromatic N) is 2. The lowest BCUT2D eigenvalue weighted by Gasteiger charge is -2.31. The molecular weight excluding hydrogens is 230 g/mol. The molecule has 0 amide bonds. The topological polar surface area (TPSA) is 72.4 Å². The average Bonchev–Trinajstić information content (AvgIpc) is 2.28. The number of nitro benzene ring substituents is 1. The van der Waals surface area contributed by atoms with Crippen molar-refractivity contribution < 1.29 is 4.92 Å². The van der Waals surface area contributed by atoms with Crippen LogP contribution in [0.5, 0.6) is 0 Å². The maximum absolute atomic E-state index is 10.8. The lowest BCUT2D eigenvalue weighted by molar-refractivity contribution is -0.384. The van der Waals surface area contributed by atoms with Crippen molar-refractivity contribution in [1.29, 1.82) is 0 Å². The summed E-state index contributed by atoms with van der Waals surface area (Å²) in [6, 6.07) is 4.92. The van der Waals surface area contributed by atoms with E-state index in [1.54, 1.807) is 12.1 Å². The molecule has 0 saturated heterocycles. The Kier molecular flexibility index (Phi) is 4.29. The summed E-state index contributed by atoms with van der Waals surface area (Å²) in [5, 5.41) is 10.8. The van der Waals surface area contributed by atoms with E-state index in [1.165, 1.54) is 6.07 Å². The predicted octanol–water partition coefficient (Wildman–Crippen LogP) is 2.32. The van der Waals surface area contributed by atoms with Crippen LogP contribution in [0.1, 0.15) is 19.4 Å². The molecule has 0 fully saturated rings. The molecule has 0 spiro atoms. The zero-order chi connectivity index (χ0) is 13.9. The third-order valence-electron chi connectivity index (χ3n) is 3.03. The van der Waals surface area contributed by atoms with Gasteiger partial charge in [-0.3, -0.25) is 10.1 Å². The van der Waals surface area contributed by atoms with Gasteiger partial charge in [-0.05, 0) is 24.4 Å². The number of aryl methyl sites for hydroxylation is 1. The number of hydrogen-bond acceptors (Lipinski definition) is 4. The summed E-state index contributed by atoms with van der Waals surface area (Å²) in [4.78, 5) is 12.4. The Morgan fingerprint density at radius 1 is 1.44 bits per heavy atom. The fourth-order valence-corrected chi connectivity index (χ4v) is 1.91. The second-order valence-electron chi connectivity index (χ2n) is 5.45. The van der Waals surface area contributed by atoms with Gasteiger partial charge in [-0.15, -0.1) is 0 Å². The molecule has 1 aromatic carbocycles. The molecule has 0 saturated carbocycles. The van der Waals surface area contributed by atoms with Crippen LogP contribution in [-0.2, 0) is 0 Å². The highest BCUT2D eigenvalue weighted by Gasteiger charge is 2.20. The molecule has 100 valence electrons. The summed E-state index contributed by atoms with van der Waals surface area (Å²) < 4.78 is 0. The van der Waals surface area contributed by atoms with Gasteiger partial charge in [0.1, 0.15) is 0 Å². The number of nitro groups is 1. The first kappa shape index (κ1) is 14.4. The predicted molar refractivity (Wildman–Crippen MR) is 73.9 cm³/mol. The largest absolute Gasteiger partial charge is 0.374 e. The van der Waals surface area contributed by atoms with Crippen LogP contribution in [0, 0.1) is 22.5 Å². The number of anilines is 1. The number of hydrogen-bond donors (Lipinski definition) is 1. The first-order valence-electron chi connectivity index (χ1n) is 5.93. The van der Waals surface area contributed by atoms with Crippen molar-refractivity contribution in [3.63, 3.8) is 0 Å². The highest BCUT2D eigenvalue weighted by atomic mass is 16.6. The molecule has 0 heterocycles. The lowest BCUT2D eigenvalue weighted by Crippen LogP contribution is -2.37. The smallest absolute Gasteiger partial charge is 0.271 e. The van der Waals surface area contributed by atoms with Crippen molar-refractivity contribution in [2.45, 2.75) is 20.8 Å². The Hall–Kier alpha value is -1.62. The van der Waals surface area contributed by atoms with Gasteiger partial charge < -0.3 is 10.6 Å². The Labute approximate surface area is 108 Å². The molecule has 1 rings (SSSR count). The minimum Gasteiger partial charge on any atom is -0.374 e. The SMILES string of the molecule is Cc1ccc([N+](=O)[O-])cc1N(C)CC(C)(C)CN. The van der Waals surface area contributed by atoms with E-state index in [0.717, 1.165) is 17.8 Å². The molecule has 5 heteroatoms. The fraction of sp³-hybridized carbons (Fsp3) is 0.538. The normalized spacial score (nSPS) is 11.4. The van der Waals surface area contributed by atoms with Gasteiger partial charge in [0.25, 0.3) is 5.69 Å². The van der Waals surface area contributed by atoms with E-state index in [9.17, 15) is 10.1 Å². The molecule has 1 aromatic rings. The Morgan fingerprint density at radius 3 is 2.56 bits per heavy atom. The van der Waals surface area contributed by atoms with Crippen molar-refractivity contribution in [3.05, 3.63) is 33.9 Å². The molecule has 0 radical (unpaired) electrons. The lowest BCUT2D eigenvalue weighted by atomic mass is 9.93. The maximum atomic E-state index is 10.8. The Balaban J connectivity index is 3.01. The van der Waals surface area contributed by atoms with E-state index in [-0.39, 0.29) is 16.0 Å². The molecule has 0 aromatic heterocycles. The highest BCUT2D eigenvalue weighted by Crippen LogP contribution is 2.27. The van der Waals surface area contributed by atoms with Crippen molar-refractivity contribution in [2.75, 3.05) is 25.0 Å². The van der Waals surface area contributed by atoms with Gasteiger partial charge in [-0.25, -0.2) is 0 Å². The van der Waals surface area contributed by atoms with E-state index in [1.807, 2.05) is 18.9 Å². The van der Waals surface area contributed by atoms with Gasteiger partial charge in [0.2, 0.25) is 0 Å². The van der Waals surface area contributed by atoms with E-state index in [2.05, 4.69) is 13.8 Å². The fourth-order valence-electron chi connectivity index (χ4n) is 1.91. The van der Waals surface area contributed by atoms with Crippen LogP contribution in [0.15, 0.2) is 18.2 Å². The Morgan fingerprint density at radius 2 is 2.06 bits per heavy atom. The van der Waals surface area contributed by atoms with Crippen molar-refractivity contribution in [3.8, 4) is 0 Å². The number of non-ortho nitro benzene ring substituents is 1. The second-order valence-corrected chi connectivity index (χ2v) is 5.45. The third-order valence-corrected chi connectivity index (χ3v) is 3.03. The van der Waals surface area contributed by atoms with Crippen LogP contribution in [0.25, 0.3) is 0 Å². The van der Waals surface area contributed by atoms with Gasteiger partial charge in [0.15, 0.2) is 0 Å². The van der Waals surface area contributed by atoms with Gasteiger partial charge >= 0.3 is 0 Å². The van der Waals surface area contributed by atoms with Gasteiger partial charge in [-0.2, -0.15) is 0 Å². The van der Waals surface area contributed by atoms with Gasteiger partial charge in [0.05, 0.1) is 4.92 Å². The maximum Gasteiger partial charge on any atom is 0.271 e. The summed E-state index contributed by atoms with van der Waals surface area (Å²) in [6.45, 7) is 7.44. The summed E-state index contributed by atoms with van der Waals surface area (Å²) in [5.74, 6) is 0. The molecule has 0 atom stereocenters. The first-order valence-corrected chi connectivity index (χ1v) is 5.93.